The first kappa shape index (κ1) is 13.2. The number of nitrogens with two attached hydrogens (primary N) is 1. The molecule has 0 aliphatic carbocycles. The van der Waals surface area contributed by atoms with E-state index in [1.807, 2.05) is 18.2 Å². The Morgan fingerprint density at radius 2 is 2.28 bits per heavy atom. The van der Waals surface area contributed by atoms with Gasteiger partial charge in [0, 0.05) is 13.0 Å². The SMILES string of the molecule is C[C@@H](N)C(=O)N1CC[C@H](Oc2ccccc2Cl)C1. The van der Waals surface area contributed by atoms with Gasteiger partial charge in [-0.15, -0.1) is 0 Å². The van der Waals surface area contributed by atoms with Crippen LogP contribution in [0.4, 0.5) is 0 Å². The molecule has 0 aromatic heterocycles. The lowest BCUT2D eigenvalue weighted by atomic mass is 10.3. The summed E-state index contributed by atoms with van der Waals surface area (Å²) in [5.74, 6) is 0.638. The molecule has 0 radical (unpaired) electrons. The third kappa shape index (κ3) is 2.94. The molecule has 1 aromatic rings. The summed E-state index contributed by atoms with van der Waals surface area (Å²) in [6.45, 7) is 2.96. The molecule has 5 heteroatoms. The van der Waals surface area contributed by atoms with Gasteiger partial charge in [-0.25, -0.2) is 0 Å². The lowest BCUT2D eigenvalue weighted by Gasteiger charge is -2.19. The fourth-order valence-corrected chi connectivity index (χ4v) is 2.21. The van der Waals surface area contributed by atoms with Gasteiger partial charge in [0.15, 0.2) is 0 Å². The maximum atomic E-state index is 11.7. The second-order valence-electron chi connectivity index (χ2n) is 4.53. The summed E-state index contributed by atoms with van der Waals surface area (Å²) >= 11 is 6.03. The molecule has 4 nitrogen and oxygen atoms in total. The van der Waals surface area contributed by atoms with E-state index in [0.29, 0.717) is 23.9 Å². The quantitative estimate of drug-likeness (QED) is 0.907. The fraction of sp³-hybridized carbons (Fsp3) is 0.462. The predicted molar refractivity (Wildman–Crippen MR) is 70.7 cm³/mol. The Labute approximate surface area is 112 Å². The third-order valence-electron chi connectivity index (χ3n) is 2.98. The van der Waals surface area contributed by atoms with E-state index in [2.05, 4.69) is 0 Å². The Balaban J connectivity index is 1.94. The molecule has 98 valence electrons. The molecule has 0 spiro atoms. The molecular formula is C13H17ClN2O2. The predicted octanol–water partition coefficient (Wildman–Crippen LogP) is 1.67. The largest absolute Gasteiger partial charge is 0.487 e. The Bertz CT molecular complexity index is 437. The normalized spacial score (nSPS) is 20.8. The number of carbonyl (C=O) groups excluding carboxylic acids is 1. The minimum atomic E-state index is -0.455. The summed E-state index contributed by atoms with van der Waals surface area (Å²) in [7, 11) is 0. The van der Waals surface area contributed by atoms with Crippen LogP contribution in [0.3, 0.4) is 0 Å². The monoisotopic (exact) mass is 268 g/mol. The first-order chi connectivity index (χ1) is 8.58. The first-order valence-corrected chi connectivity index (χ1v) is 6.41. The average Bonchev–Trinajstić information content (AvgIpc) is 2.79. The minimum Gasteiger partial charge on any atom is -0.487 e. The first-order valence-electron chi connectivity index (χ1n) is 6.03. The van der Waals surface area contributed by atoms with Crippen molar-refractivity contribution in [3.8, 4) is 5.75 Å². The molecule has 1 heterocycles. The van der Waals surface area contributed by atoms with Gasteiger partial charge in [0.1, 0.15) is 11.9 Å². The molecule has 0 saturated carbocycles. The summed E-state index contributed by atoms with van der Waals surface area (Å²) in [5, 5.41) is 0.592. The molecule has 1 saturated heterocycles. The highest BCUT2D eigenvalue weighted by molar-refractivity contribution is 6.32. The summed E-state index contributed by atoms with van der Waals surface area (Å²) in [6, 6.07) is 6.90. The second-order valence-corrected chi connectivity index (χ2v) is 4.94. The second kappa shape index (κ2) is 5.59. The van der Waals surface area contributed by atoms with Gasteiger partial charge in [0.05, 0.1) is 17.6 Å². The van der Waals surface area contributed by atoms with Crippen LogP contribution in [0.25, 0.3) is 0 Å². The number of carbonyl (C=O) groups is 1. The van der Waals surface area contributed by atoms with Gasteiger partial charge >= 0.3 is 0 Å². The Morgan fingerprint density at radius 1 is 1.56 bits per heavy atom. The van der Waals surface area contributed by atoms with Crippen molar-refractivity contribution in [2.75, 3.05) is 13.1 Å². The number of hydrogen-bond acceptors (Lipinski definition) is 3. The van der Waals surface area contributed by atoms with Crippen LogP contribution >= 0.6 is 11.6 Å². The third-order valence-corrected chi connectivity index (χ3v) is 3.29. The van der Waals surface area contributed by atoms with Gasteiger partial charge in [0.2, 0.25) is 5.91 Å². The van der Waals surface area contributed by atoms with E-state index in [0.717, 1.165) is 6.42 Å². The molecule has 2 atom stereocenters. The smallest absolute Gasteiger partial charge is 0.239 e. The van der Waals surface area contributed by atoms with Gasteiger partial charge < -0.3 is 15.4 Å². The van der Waals surface area contributed by atoms with Crippen LogP contribution in [0.5, 0.6) is 5.75 Å². The summed E-state index contributed by atoms with van der Waals surface area (Å²) in [6.07, 6.45) is 0.802. The molecule has 1 amide bonds. The minimum absolute atomic E-state index is 0.00685. The van der Waals surface area contributed by atoms with Gasteiger partial charge in [-0.05, 0) is 19.1 Å². The number of rotatable bonds is 3. The number of ether oxygens (including phenoxy) is 1. The zero-order valence-corrected chi connectivity index (χ0v) is 11.1. The molecule has 2 N–H and O–H groups in total. The molecule has 1 aromatic carbocycles. The Kier molecular flexibility index (Phi) is 4.09. The van der Waals surface area contributed by atoms with E-state index in [4.69, 9.17) is 22.1 Å². The van der Waals surface area contributed by atoms with Crippen molar-refractivity contribution < 1.29 is 9.53 Å². The lowest BCUT2D eigenvalue weighted by Crippen LogP contribution is -2.41. The van der Waals surface area contributed by atoms with Crippen LogP contribution in [-0.2, 0) is 4.79 Å². The van der Waals surface area contributed by atoms with Crippen LogP contribution in [0.1, 0.15) is 13.3 Å². The maximum Gasteiger partial charge on any atom is 0.239 e. The van der Waals surface area contributed by atoms with Crippen molar-refractivity contribution in [3.05, 3.63) is 29.3 Å². The van der Waals surface area contributed by atoms with E-state index in [9.17, 15) is 4.79 Å². The Morgan fingerprint density at radius 3 is 2.94 bits per heavy atom. The number of hydrogen-bond donors (Lipinski definition) is 1. The highest BCUT2D eigenvalue weighted by atomic mass is 35.5. The highest BCUT2D eigenvalue weighted by Gasteiger charge is 2.29. The topological polar surface area (TPSA) is 55.6 Å². The number of halogens is 1. The highest BCUT2D eigenvalue weighted by Crippen LogP contribution is 2.26. The van der Waals surface area contributed by atoms with Crippen molar-refractivity contribution in [1.82, 2.24) is 4.90 Å². The van der Waals surface area contributed by atoms with Crippen LogP contribution < -0.4 is 10.5 Å². The van der Waals surface area contributed by atoms with E-state index in [1.165, 1.54) is 0 Å². The van der Waals surface area contributed by atoms with Crippen LogP contribution in [-0.4, -0.2) is 36.0 Å². The van der Waals surface area contributed by atoms with Crippen LogP contribution in [0.2, 0.25) is 5.02 Å². The number of benzene rings is 1. The maximum absolute atomic E-state index is 11.7. The number of likely N-dealkylation sites (tertiary alicyclic amines) is 1. The van der Waals surface area contributed by atoms with Gasteiger partial charge in [-0.3, -0.25) is 4.79 Å². The molecule has 1 fully saturated rings. The van der Waals surface area contributed by atoms with Gasteiger partial charge in [0.25, 0.3) is 0 Å². The van der Waals surface area contributed by atoms with Crippen molar-refractivity contribution in [1.29, 1.82) is 0 Å². The summed E-state index contributed by atoms with van der Waals surface area (Å²) in [4.78, 5) is 13.5. The van der Waals surface area contributed by atoms with Crippen molar-refractivity contribution in [3.63, 3.8) is 0 Å². The zero-order chi connectivity index (χ0) is 13.1. The zero-order valence-electron chi connectivity index (χ0n) is 10.3. The molecule has 18 heavy (non-hydrogen) atoms. The van der Waals surface area contributed by atoms with E-state index in [-0.39, 0.29) is 12.0 Å². The fourth-order valence-electron chi connectivity index (χ4n) is 2.03. The number of amides is 1. The average molecular weight is 269 g/mol. The summed E-state index contributed by atoms with van der Waals surface area (Å²) < 4.78 is 5.80. The molecule has 1 aliphatic rings. The number of para-hydroxylation sites is 1. The van der Waals surface area contributed by atoms with Crippen LogP contribution in [0, 0.1) is 0 Å². The lowest BCUT2D eigenvalue weighted by molar-refractivity contribution is -0.131. The van der Waals surface area contributed by atoms with E-state index in [1.54, 1.807) is 17.9 Å². The van der Waals surface area contributed by atoms with E-state index >= 15 is 0 Å². The standard InChI is InChI=1S/C13H17ClN2O2/c1-9(15)13(17)16-7-6-10(8-16)18-12-5-3-2-4-11(12)14/h2-5,9-10H,6-8,15H2,1H3/t9-,10+/m1/s1. The van der Waals surface area contributed by atoms with E-state index < -0.39 is 6.04 Å². The summed E-state index contributed by atoms with van der Waals surface area (Å²) in [5.41, 5.74) is 5.58. The van der Waals surface area contributed by atoms with Gasteiger partial charge in [-0.1, -0.05) is 23.7 Å². The Hall–Kier alpha value is -1.26. The molecular weight excluding hydrogens is 252 g/mol. The van der Waals surface area contributed by atoms with Crippen LogP contribution in [0.15, 0.2) is 24.3 Å². The number of nitrogens with zero attached hydrogens (tertiary/aromatic N) is 1. The molecule has 1 aliphatic heterocycles. The molecule has 2 rings (SSSR count). The molecule has 0 unspecified atom stereocenters. The van der Waals surface area contributed by atoms with Crippen molar-refractivity contribution >= 4 is 17.5 Å². The van der Waals surface area contributed by atoms with Crippen molar-refractivity contribution in [2.24, 2.45) is 5.73 Å². The van der Waals surface area contributed by atoms with Crippen molar-refractivity contribution in [2.45, 2.75) is 25.5 Å². The molecule has 0 bridgehead atoms. The van der Waals surface area contributed by atoms with Gasteiger partial charge in [-0.2, -0.15) is 0 Å².